The SMILES string of the molecule is Cc1ccccc1CN(C(=O)CCCN(C)S(=O)(=O)c1ccccc1)[C@@H](C)C(=O)NCC(C)C. The highest BCUT2D eigenvalue weighted by Gasteiger charge is 2.27. The van der Waals surface area contributed by atoms with Crippen molar-refractivity contribution in [1.29, 1.82) is 0 Å². The van der Waals surface area contributed by atoms with E-state index in [-0.39, 0.29) is 29.7 Å². The average Bonchev–Trinajstić information content (AvgIpc) is 2.81. The molecule has 0 heterocycles. The zero-order valence-corrected chi connectivity index (χ0v) is 21.6. The second kappa shape index (κ2) is 12.7. The van der Waals surface area contributed by atoms with Crippen molar-refractivity contribution in [2.75, 3.05) is 20.1 Å². The monoisotopic (exact) mass is 487 g/mol. The van der Waals surface area contributed by atoms with Gasteiger partial charge in [-0.25, -0.2) is 12.7 Å². The Labute approximate surface area is 204 Å². The molecular weight excluding hydrogens is 450 g/mol. The Kier molecular flexibility index (Phi) is 10.3. The lowest BCUT2D eigenvalue weighted by Crippen LogP contribution is -2.48. The third-order valence-electron chi connectivity index (χ3n) is 5.77. The summed E-state index contributed by atoms with van der Waals surface area (Å²) in [6.45, 7) is 8.80. The van der Waals surface area contributed by atoms with E-state index in [9.17, 15) is 18.0 Å². The van der Waals surface area contributed by atoms with Crippen molar-refractivity contribution in [2.24, 2.45) is 5.92 Å². The quantitative estimate of drug-likeness (QED) is 0.496. The number of benzene rings is 2. The molecule has 0 aliphatic heterocycles. The third kappa shape index (κ3) is 7.67. The van der Waals surface area contributed by atoms with Crippen LogP contribution in [0.2, 0.25) is 0 Å². The largest absolute Gasteiger partial charge is 0.354 e. The number of sulfonamides is 1. The molecule has 1 atom stereocenters. The van der Waals surface area contributed by atoms with Crippen LogP contribution in [0.1, 0.15) is 44.7 Å². The lowest BCUT2D eigenvalue weighted by atomic mass is 10.1. The fraction of sp³-hybridized carbons (Fsp3) is 0.462. The van der Waals surface area contributed by atoms with Gasteiger partial charge in [0.1, 0.15) is 6.04 Å². The van der Waals surface area contributed by atoms with Crippen LogP contribution in [0.4, 0.5) is 0 Å². The predicted molar refractivity (Wildman–Crippen MR) is 135 cm³/mol. The number of carbonyl (C=O) groups is 2. The van der Waals surface area contributed by atoms with Crippen LogP contribution in [0, 0.1) is 12.8 Å². The Morgan fingerprint density at radius 3 is 2.21 bits per heavy atom. The van der Waals surface area contributed by atoms with E-state index in [1.807, 2.05) is 45.0 Å². The van der Waals surface area contributed by atoms with Crippen LogP contribution in [0.5, 0.6) is 0 Å². The van der Waals surface area contributed by atoms with Gasteiger partial charge in [0.05, 0.1) is 4.90 Å². The second-order valence-corrected chi connectivity index (χ2v) is 11.1. The van der Waals surface area contributed by atoms with Gasteiger partial charge in [0.15, 0.2) is 0 Å². The highest BCUT2D eigenvalue weighted by atomic mass is 32.2. The summed E-state index contributed by atoms with van der Waals surface area (Å²) in [6, 6.07) is 15.4. The summed E-state index contributed by atoms with van der Waals surface area (Å²) in [4.78, 5) is 27.8. The summed E-state index contributed by atoms with van der Waals surface area (Å²) in [6.07, 6.45) is 0.494. The molecule has 8 heteroatoms. The highest BCUT2D eigenvalue weighted by Crippen LogP contribution is 2.17. The molecule has 0 radical (unpaired) electrons. The summed E-state index contributed by atoms with van der Waals surface area (Å²) in [5, 5.41) is 2.91. The van der Waals surface area contributed by atoms with Crippen LogP contribution in [0.3, 0.4) is 0 Å². The Balaban J connectivity index is 2.08. The molecule has 0 fully saturated rings. The topological polar surface area (TPSA) is 86.8 Å². The van der Waals surface area contributed by atoms with Crippen LogP contribution in [-0.2, 0) is 26.2 Å². The molecular formula is C26H37N3O4S. The van der Waals surface area contributed by atoms with Crippen LogP contribution in [-0.4, -0.2) is 55.6 Å². The van der Waals surface area contributed by atoms with Gasteiger partial charge in [-0.1, -0.05) is 56.3 Å². The first-order chi connectivity index (χ1) is 16.0. The zero-order valence-electron chi connectivity index (χ0n) is 20.8. The van der Waals surface area contributed by atoms with E-state index in [2.05, 4.69) is 5.32 Å². The average molecular weight is 488 g/mol. The molecule has 0 saturated heterocycles. The number of rotatable bonds is 12. The summed E-state index contributed by atoms with van der Waals surface area (Å²) in [5.74, 6) is -0.0702. The van der Waals surface area contributed by atoms with Gasteiger partial charge in [-0.2, -0.15) is 0 Å². The van der Waals surface area contributed by atoms with Crippen molar-refractivity contribution in [3.8, 4) is 0 Å². The molecule has 34 heavy (non-hydrogen) atoms. The molecule has 0 saturated carbocycles. The number of amides is 2. The van der Waals surface area contributed by atoms with Crippen LogP contribution < -0.4 is 5.32 Å². The van der Waals surface area contributed by atoms with E-state index < -0.39 is 16.1 Å². The van der Waals surface area contributed by atoms with Gasteiger partial charge in [0, 0.05) is 33.1 Å². The minimum atomic E-state index is -3.61. The molecule has 0 spiro atoms. The first-order valence-corrected chi connectivity index (χ1v) is 13.1. The minimum Gasteiger partial charge on any atom is -0.354 e. The zero-order chi connectivity index (χ0) is 25.3. The van der Waals surface area contributed by atoms with E-state index >= 15 is 0 Å². The Bertz CT molecular complexity index is 1050. The summed E-state index contributed by atoms with van der Waals surface area (Å²) in [5.41, 5.74) is 2.02. The maximum atomic E-state index is 13.2. The lowest BCUT2D eigenvalue weighted by Gasteiger charge is -2.30. The van der Waals surface area contributed by atoms with Gasteiger partial charge in [-0.05, 0) is 49.4 Å². The van der Waals surface area contributed by atoms with E-state index in [4.69, 9.17) is 0 Å². The highest BCUT2D eigenvalue weighted by molar-refractivity contribution is 7.89. The van der Waals surface area contributed by atoms with Gasteiger partial charge in [-0.3, -0.25) is 9.59 Å². The molecule has 2 aromatic carbocycles. The molecule has 0 unspecified atom stereocenters. The number of aryl methyl sites for hydroxylation is 1. The molecule has 0 aliphatic rings. The molecule has 2 amide bonds. The van der Waals surface area contributed by atoms with E-state index in [0.29, 0.717) is 25.4 Å². The second-order valence-electron chi connectivity index (χ2n) is 9.01. The number of hydrogen-bond acceptors (Lipinski definition) is 4. The van der Waals surface area contributed by atoms with Crippen LogP contribution in [0.15, 0.2) is 59.5 Å². The number of nitrogens with one attached hydrogen (secondary N) is 1. The van der Waals surface area contributed by atoms with Gasteiger partial charge < -0.3 is 10.2 Å². The standard InChI is InChI=1S/C26H37N3O4S/c1-20(2)18-27-26(31)22(4)29(19-23-13-10-9-12-21(23)3)25(30)16-11-17-28(5)34(32,33)24-14-7-6-8-15-24/h6-10,12-15,20,22H,11,16-19H2,1-5H3,(H,27,31)/t22-/m0/s1. The minimum absolute atomic E-state index is 0.141. The molecule has 1 N–H and O–H groups in total. The van der Waals surface area contributed by atoms with E-state index in [0.717, 1.165) is 11.1 Å². The normalized spacial score (nSPS) is 12.6. The van der Waals surface area contributed by atoms with Crippen molar-refractivity contribution in [2.45, 2.75) is 58.0 Å². The molecule has 2 rings (SSSR count). The van der Waals surface area contributed by atoms with Gasteiger partial charge >= 0.3 is 0 Å². The fourth-order valence-corrected chi connectivity index (χ4v) is 4.73. The molecule has 7 nitrogen and oxygen atoms in total. The van der Waals surface area contributed by atoms with E-state index in [1.54, 1.807) is 42.2 Å². The van der Waals surface area contributed by atoms with Crippen molar-refractivity contribution in [1.82, 2.24) is 14.5 Å². The van der Waals surface area contributed by atoms with Gasteiger partial charge in [-0.15, -0.1) is 0 Å². The Morgan fingerprint density at radius 1 is 0.971 bits per heavy atom. The molecule has 2 aromatic rings. The van der Waals surface area contributed by atoms with Gasteiger partial charge in [0.2, 0.25) is 21.8 Å². The fourth-order valence-electron chi connectivity index (χ4n) is 3.50. The molecule has 0 aromatic heterocycles. The first kappa shape index (κ1) is 27.5. The summed E-state index contributed by atoms with van der Waals surface area (Å²) < 4.78 is 26.7. The van der Waals surface area contributed by atoms with E-state index in [1.165, 1.54) is 11.4 Å². The predicted octanol–water partition coefficient (Wildman–Crippen LogP) is 3.59. The third-order valence-corrected chi connectivity index (χ3v) is 7.64. The molecule has 0 aliphatic carbocycles. The van der Waals surface area contributed by atoms with Crippen molar-refractivity contribution >= 4 is 21.8 Å². The number of nitrogens with zero attached hydrogens (tertiary/aromatic N) is 2. The van der Waals surface area contributed by atoms with Crippen molar-refractivity contribution in [3.63, 3.8) is 0 Å². The number of carbonyl (C=O) groups excluding carboxylic acids is 2. The maximum Gasteiger partial charge on any atom is 0.242 e. The maximum absolute atomic E-state index is 13.2. The summed E-state index contributed by atoms with van der Waals surface area (Å²) >= 11 is 0. The molecule has 0 bridgehead atoms. The first-order valence-electron chi connectivity index (χ1n) is 11.7. The Hall–Kier alpha value is -2.71. The van der Waals surface area contributed by atoms with Crippen molar-refractivity contribution in [3.05, 3.63) is 65.7 Å². The van der Waals surface area contributed by atoms with Gasteiger partial charge in [0.25, 0.3) is 0 Å². The lowest BCUT2D eigenvalue weighted by molar-refractivity contribution is -0.140. The smallest absolute Gasteiger partial charge is 0.242 e. The summed E-state index contributed by atoms with van der Waals surface area (Å²) in [7, 11) is -2.10. The Morgan fingerprint density at radius 2 is 1.59 bits per heavy atom. The van der Waals surface area contributed by atoms with Crippen LogP contribution >= 0.6 is 0 Å². The van der Waals surface area contributed by atoms with Crippen LogP contribution in [0.25, 0.3) is 0 Å². The number of hydrogen-bond donors (Lipinski definition) is 1. The van der Waals surface area contributed by atoms with Crippen molar-refractivity contribution < 1.29 is 18.0 Å². The molecule has 186 valence electrons.